The maximum atomic E-state index is 12.5. The van der Waals surface area contributed by atoms with Crippen molar-refractivity contribution in [1.29, 1.82) is 0 Å². The van der Waals surface area contributed by atoms with Gasteiger partial charge in [0.2, 0.25) is 11.8 Å². The van der Waals surface area contributed by atoms with Gasteiger partial charge in [0.05, 0.1) is 10.9 Å². The zero-order chi connectivity index (χ0) is 20.2. The summed E-state index contributed by atoms with van der Waals surface area (Å²) >= 11 is 0. The van der Waals surface area contributed by atoms with Gasteiger partial charge in [-0.05, 0) is 31.0 Å². The topological polar surface area (TPSA) is 70.6 Å². The largest absolute Gasteiger partial charge is 0.471 e. The standard InChI is InChI=1S/C20H25F2N5O2/c21-18(22)12-29-20-16-10-15(4-5-17(16)23-13-24-20)27-8-6-26(7-9-27)11-14-2-1-3-19(28)25-14/h4-5,10,13-14,18H,1-3,6-9,11-12H2,(H,25,28). The van der Waals surface area contributed by atoms with Gasteiger partial charge in [0.15, 0.2) is 6.61 Å². The Kier molecular flexibility index (Phi) is 6.03. The Balaban J connectivity index is 1.40. The summed E-state index contributed by atoms with van der Waals surface area (Å²) in [6.45, 7) is 3.72. The van der Waals surface area contributed by atoms with Crippen molar-refractivity contribution in [1.82, 2.24) is 20.2 Å². The second-order valence-corrected chi connectivity index (χ2v) is 7.53. The number of aromatic nitrogens is 2. The van der Waals surface area contributed by atoms with Gasteiger partial charge in [-0.2, -0.15) is 0 Å². The van der Waals surface area contributed by atoms with Gasteiger partial charge in [-0.15, -0.1) is 0 Å². The highest BCUT2D eigenvalue weighted by Gasteiger charge is 2.24. The molecule has 1 aromatic carbocycles. The molecule has 2 saturated heterocycles. The summed E-state index contributed by atoms with van der Waals surface area (Å²) in [5.41, 5.74) is 1.67. The van der Waals surface area contributed by atoms with Crippen LogP contribution in [0.25, 0.3) is 10.9 Å². The quantitative estimate of drug-likeness (QED) is 0.794. The number of hydrogen-bond acceptors (Lipinski definition) is 6. The molecular formula is C20H25F2N5O2. The Bertz CT molecular complexity index is 858. The number of hydrogen-bond donors (Lipinski definition) is 1. The summed E-state index contributed by atoms with van der Waals surface area (Å²) < 4.78 is 30.2. The lowest BCUT2D eigenvalue weighted by Crippen LogP contribution is -2.52. The molecule has 1 N–H and O–H groups in total. The van der Waals surface area contributed by atoms with Crippen molar-refractivity contribution in [2.24, 2.45) is 0 Å². The number of carbonyl (C=O) groups excluding carboxylic acids is 1. The summed E-state index contributed by atoms with van der Waals surface area (Å²) in [4.78, 5) is 24.4. The third kappa shape index (κ3) is 4.90. The molecule has 0 bridgehead atoms. The molecule has 3 heterocycles. The van der Waals surface area contributed by atoms with Crippen LogP contribution in [0, 0.1) is 0 Å². The molecule has 2 aliphatic rings. The number of carbonyl (C=O) groups is 1. The van der Waals surface area contributed by atoms with Crippen molar-refractivity contribution < 1.29 is 18.3 Å². The number of alkyl halides is 2. The van der Waals surface area contributed by atoms with Crippen molar-refractivity contribution in [2.45, 2.75) is 31.7 Å². The predicted octanol–water partition coefficient (Wildman–Crippen LogP) is 2.06. The third-order valence-corrected chi connectivity index (χ3v) is 5.47. The molecule has 4 rings (SSSR count). The van der Waals surface area contributed by atoms with Gasteiger partial charge in [-0.1, -0.05) is 0 Å². The third-order valence-electron chi connectivity index (χ3n) is 5.47. The van der Waals surface area contributed by atoms with Crippen molar-refractivity contribution in [3.05, 3.63) is 24.5 Å². The van der Waals surface area contributed by atoms with Gasteiger partial charge in [0, 0.05) is 50.9 Å². The number of piperidine rings is 1. The predicted molar refractivity (Wildman–Crippen MR) is 105 cm³/mol. The number of rotatable bonds is 6. The van der Waals surface area contributed by atoms with Crippen LogP contribution in [-0.4, -0.2) is 72.6 Å². The first-order chi connectivity index (χ1) is 14.1. The number of ether oxygens (including phenoxy) is 1. The van der Waals surface area contributed by atoms with Crippen molar-refractivity contribution in [3.63, 3.8) is 0 Å². The van der Waals surface area contributed by atoms with E-state index in [1.54, 1.807) is 0 Å². The number of nitrogens with zero attached hydrogens (tertiary/aromatic N) is 4. The average Bonchev–Trinajstić information content (AvgIpc) is 2.72. The molecule has 2 fully saturated rings. The van der Waals surface area contributed by atoms with E-state index >= 15 is 0 Å². The number of nitrogens with one attached hydrogen (secondary N) is 1. The van der Waals surface area contributed by atoms with E-state index in [1.165, 1.54) is 6.33 Å². The Morgan fingerprint density at radius 3 is 2.79 bits per heavy atom. The van der Waals surface area contributed by atoms with Crippen molar-refractivity contribution in [3.8, 4) is 5.88 Å². The molecule has 2 aromatic rings. The molecule has 0 radical (unpaired) electrons. The molecule has 1 amide bonds. The van der Waals surface area contributed by atoms with Crippen LogP contribution in [0.15, 0.2) is 24.5 Å². The SMILES string of the molecule is O=C1CCCC(CN2CCN(c3ccc4ncnc(OCC(F)F)c4c3)CC2)N1. The molecule has 0 aliphatic carbocycles. The van der Waals surface area contributed by atoms with Gasteiger partial charge >= 0.3 is 0 Å². The lowest BCUT2D eigenvalue weighted by molar-refractivity contribution is -0.123. The second-order valence-electron chi connectivity index (χ2n) is 7.53. The summed E-state index contributed by atoms with van der Waals surface area (Å²) in [5, 5.41) is 3.71. The highest BCUT2D eigenvalue weighted by Crippen LogP contribution is 2.27. The van der Waals surface area contributed by atoms with Crippen LogP contribution in [-0.2, 0) is 4.79 Å². The molecule has 0 spiro atoms. The van der Waals surface area contributed by atoms with Crippen LogP contribution >= 0.6 is 0 Å². The maximum absolute atomic E-state index is 12.5. The second kappa shape index (κ2) is 8.86. The Morgan fingerprint density at radius 1 is 1.21 bits per heavy atom. The molecule has 1 aromatic heterocycles. The number of anilines is 1. The number of benzene rings is 1. The fraction of sp³-hybridized carbons (Fsp3) is 0.550. The minimum atomic E-state index is -2.55. The fourth-order valence-corrected chi connectivity index (χ4v) is 3.99. The van der Waals surface area contributed by atoms with Gasteiger partial charge in [0.25, 0.3) is 6.43 Å². The van der Waals surface area contributed by atoms with E-state index in [0.717, 1.165) is 51.3 Å². The number of amides is 1. The molecule has 1 atom stereocenters. The van der Waals surface area contributed by atoms with E-state index in [1.807, 2.05) is 18.2 Å². The summed E-state index contributed by atoms with van der Waals surface area (Å²) in [5.74, 6) is 0.340. The monoisotopic (exact) mass is 405 g/mol. The van der Waals surface area contributed by atoms with E-state index < -0.39 is 13.0 Å². The molecule has 9 heteroatoms. The van der Waals surface area contributed by atoms with Crippen molar-refractivity contribution in [2.75, 3.05) is 44.2 Å². The van der Waals surface area contributed by atoms with Crippen LogP contribution in [0.2, 0.25) is 0 Å². The highest BCUT2D eigenvalue weighted by atomic mass is 19.3. The fourth-order valence-electron chi connectivity index (χ4n) is 3.99. The summed E-state index contributed by atoms with van der Waals surface area (Å²) in [7, 11) is 0. The highest BCUT2D eigenvalue weighted by molar-refractivity contribution is 5.86. The average molecular weight is 405 g/mol. The Hall–Kier alpha value is -2.55. The smallest absolute Gasteiger partial charge is 0.272 e. The lowest BCUT2D eigenvalue weighted by Gasteiger charge is -2.38. The van der Waals surface area contributed by atoms with Crippen LogP contribution in [0.1, 0.15) is 19.3 Å². The Morgan fingerprint density at radius 2 is 2.03 bits per heavy atom. The first-order valence-corrected chi connectivity index (χ1v) is 10.0. The molecule has 29 heavy (non-hydrogen) atoms. The molecular weight excluding hydrogens is 380 g/mol. The molecule has 7 nitrogen and oxygen atoms in total. The molecule has 0 saturated carbocycles. The first-order valence-electron chi connectivity index (χ1n) is 10.0. The van der Waals surface area contributed by atoms with Crippen LogP contribution in [0.3, 0.4) is 0 Å². The van der Waals surface area contributed by atoms with Crippen LogP contribution < -0.4 is 15.0 Å². The first kappa shape index (κ1) is 19.8. The number of piperazine rings is 1. The number of halogens is 2. The van der Waals surface area contributed by atoms with Gasteiger partial charge in [0.1, 0.15) is 6.33 Å². The zero-order valence-electron chi connectivity index (χ0n) is 16.2. The minimum absolute atomic E-state index is 0.156. The summed E-state index contributed by atoms with van der Waals surface area (Å²) in [6.07, 6.45) is 1.42. The van der Waals surface area contributed by atoms with Gasteiger partial charge < -0.3 is 15.0 Å². The van der Waals surface area contributed by atoms with Gasteiger partial charge in [-0.25, -0.2) is 18.7 Å². The zero-order valence-corrected chi connectivity index (χ0v) is 16.2. The molecule has 2 aliphatic heterocycles. The van der Waals surface area contributed by atoms with E-state index in [0.29, 0.717) is 17.3 Å². The van der Waals surface area contributed by atoms with E-state index in [-0.39, 0.29) is 17.8 Å². The normalized spacial score (nSPS) is 20.9. The van der Waals surface area contributed by atoms with E-state index in [4.69, 9.17) is 4.74 Å². The maximum Gasteiger partial charge on any atom is 0.272 e. The molecule has 1 unspecified atom stereocenters. The molecule has 156 valence electrons. The van der Waals surface area contributed by atoms with E-state index in [2.05, 4.69) is 25.1 Å². The summed E-state index contributed by atoms with van der Waals surface area (Å²) in [6, 6.07) is 6.01. The minimum Gasteiger partial charge on any atom is -0.471 e. The Labute approximate surface area is 168 Å². The number of fused-ring (bicyclic) bond motifs is 1. The van der Waals surface area contributed by atoms with Crippen molar-refractivity contribution >= 4 is 22.5 Å². The van der Waals surface area contributed by atoms with Gasteiger partial charge in [-0.3, -0.25) is 9.69 Å². The lowest BCUT2D eigenvalue weighted by atomic mass is 10.0. The van der Waals surface area contributed by atoms with Crippen LogP contribution in [0.4, 0.5) is 14.5 Å². The van der Waals surface area contributed by atoms with E-state index in [9.17, 15) is 13.6 Å². The van der Waals surface area contributed by atoms with Crippen LogP contribution in [0.5, 0.6) is 5.88 Å².